The predicted molar refractivity (Wildman–Crippen MR) is 102 cm³/mol. The Morgan fingerprint density at radius 1 is 1.27 bits per heavy atom. The van der Waals surface area contributed by atoms with Gasteiger partial charge in [0.15, 0.2) is 4.32 Å². The summed E-state index contributed by atoms with van der Waals surface area (Å²) in [4.78, 5) is 25.3. The van der Waals surface area contributed by atoms with Crippen LogP contribution in [0.4, 0.5) is 4.39 Å². The maximum absolute atomic E-state index is 13.3. The van der Waals surface area contributed by atoms with Crippen molar-refractivity contribution in [3.63, 3.8) is 0 Å². The van der Waals surface area contributed by atoms with Crippen LogP contribution < -0.4 is 10.2 Å². The number of ether oxygens (including phenoxy) is 1. The monoisotopic (exact) mass is 388 g/mol. The number of carbonyl (C=O) groups is 2. The normalized spacial score (nSPS) is 15.5. The van der Waals surface area contributed by atoms with Crippen LogP contribution in [-0.4, -0.2) is 28.3 Å². The molecule has 1 N–H and O–H groups in total. The summed E-state index contributed by atoms with van der Waals surface area (Å²) in [6.45, 7) is 0. The predicted octanol–water partition coefficient (Wildman–Crippen LogP) is 3.38. The van der Waals surface area contributed by atoms with Crippen LogP contribution >= 0.6 is 24.0 Å². The standard InChI is InChI=1S/C18H13FN2O3S2/c1-24-14-8-3-2-7-13(14)16(22)20-21-17(23)15(26-18(21)25)10-11-5-4-6-12(19)9-11/h2-10H,1H3,(H,20,22)/b15-10+. The lowest BCUT2D eigenvalue weighted by molar-refractivity contribution is -0.123. The Morgan fingerprint density at radius 2 is 2.04 bits per heavy atom. The van der Waals surface area contributed by atoms with Gasteiger partial charge in [-0.25, -0.2) is 4.39 Å². The number of benzene rings is 2. The zero-order valence-electron chi connectivity index (χ0n) is 13.6. The molecule has 1 heterocycles. The molecule has 2 aromatic rings. The fourth-order valence-electron chi connectivity index (χ4n) is 2.31. The minimum Gasteiger partial charge on any atom is -0.496 e. The van der Waals surface area contributed by atoms with Gasteiger partial charge in [-0.1, -0.05) is 36.0 Å². The van der Waals surface area contributed by atoms with Crippen molar-refractivity contribution in [2.75, 3.05) is 7.11 Å². The van der Waals surface area contributed by atoms with Gasteiger partial charge in [-0.3, -0.25) is 15.0 Å². The van der Waals surface area contributed by atoms with Gasteiger partial charge < -0.3 is 4.74 Å². The summed E-state index contributed by atoms with van der Waals surface area (Å²) in [6.07, 6.45) is 1.53. The number of hydrogen-bond acceptors (Lipinski definition) is 5. The van der Waals surface area contributed by atoms with Crippen LogP contribution in [0.5, 0.6) is 5.75 Å². The van der Waals surface area contributed by atoms with E-state index in [1.54, 1.807) is 36.4 Å². The van der Waals surface area contributed by atoms with Gasteiger partial charge in [0.05, 0.1) is 17.6 Å². The number of thiocarbonyl (C=S) groups is 1. The Kier molecular flexibility index (Phi) is 5.34. The molecule has 3 rings (SSSR count). The Balaban J connectivity index is 1.80. The van der Waals surface area contributed by atoms with Crippen LogP contribution in [0.3, 0.4) is 0 Å². The number of para-hydroxylation sites is 1. The lowest BCUT2D eigenvalue weighted by atomic mass is 10.2. The summed E-state index contributed by atoms with van der Waals surface area (Å²) < 4.78 is 18.6. The van der Waals surface area contributed by atoms with Gasteiger partial charge in [0.2, 0.25) is 0 Å². The van der Waals surface area contributed by atoms with E-state index in [4.69, 9.17) is 17.0 Å². The Morgan fingerprint density at radius 3 is 2.77 bits per heavy atom. The van der Waals surface area contributed by atoms with Crippen molar-refractivity contribution in [1.82, 2.24) is 10.4 Å². The summed E-state index contributed by atoms with van der Waals surface area (Å²) in [5, 5.41) is 1.000. The van der Waals surface area contributed by atoms with Crippen molar-refractivity contribution in [2.24, 2.45) is 0 Å². The molecule has 0 spiro atoms. The second-order valence-corrected chi connectivity index (χ2v) is 6.89. The molecule has 8 heteroatoms. The number of hydrazine groups is 1. The van der Waals surface area contributed by atoms with Gasteiger partial charge in [-0.15, -0.1) is 0 Å². The zero-order valence-corrected chi connectivity index (χ0v) is 15.2. The largest absolute Gasteiger partial charge is 0.496 e. The minimum atomic E-state index is -0.522. The molecule has 1 saturated heterocycles. The highest BCUT2D eigenvalue weighted by Crippen LogP contribution is 2.31. The van der Waals surface area contributed by atoms with Gasteiger partial charge in [0, 0.05) is 0 Å². The number of methoxy groups -OCH3 is 1. The molecule has 132 valence electrons. The lowest BCUT2D eigenvalue weighted by Crippen LogP contribution is -2.44. The van der Waals surface area contributed by atoms with Crippen molar-refractivity contribution < 1.29 is 18.7 Å². The molecular formula is C18H13FN2O3S2. The van der Waals surface area contributed by atoms with Crippen molar-refractivity contribution in [3.05, 3.63) is 70.4 Å². The third kappa shape index (κ3) is 3.76. The first-order chi connectivity index (χ1) is 12.5. The summed E-state index contributed by atoms with van der Waals surface area (Å²) >= 11 is 6.20. The summed E-state index contributed by atoms with van der Waals surface area (Å²) in [6, 6.07) is 12.5. The number of rotatable bonds is 4. The van der Waals surface area contributed by atoms with Crippen LogP contribution in [-0.2, 0) is 4.79 Å². The molecule has 0 aromatic heterocycles. The summed E-state index contributed by atoms with van der Waals surface area (Å²) in [5.74, 6) is -1.03. The molecule has 2 aromatic carbocycles. The van der Waals surface area contributed by atoms with E-state index in [1.165, 1.54) is 25.3 Å². The molecule has 0 atom stereocenters. The van der Waals surface area contributed by atoms with Crippen molar-refractivity contribution in [2.45, 2.75) is 0 Å². The molecule has 0 saturated carbocycles. The van der Waals surface area contributed by atoms with Gasteiger partial charge in [0.1, 0.15) is 11.6 Å². The molecule has 0 aliphatic carbocycles. The quantitative estimate of drug-likeness (QED) is 0.643. The molecule has 1 aliphatic heterocycles. The van der Waals surface area contributed by atoms with E-state index in [2.05, 4.69) is 5.43 Å². The van der Waals surface area contributed by atoms with E-state index in [0.29, 0.717) is 16.2 Å². The average molecular weight is 388 g/mol. The molecule has 5 nitrogen and oxygen atoms in total. The SMILES string of the molecule is COc1ccccc1C(=O)NN1C(=O)/C(=C\c2cccc(F)c2)SC1=S. The molecule has 0 unspecified atom stereocenters. The number of nitrogens with zero attached hydrogens (tertiary/aromatic N) is 1. The highest BCUT2D eigenvalue weighted by Gasteiger charge is 2.34. The second-order valence-electron chi connectivity index (χ2n) is 5.21. The number of halogens is 1. The number of hydrogen-bond donors (Lipinski definition) is 1. The molecular weight excluding hydrogens is 375 g/mol. The number of carbonyl (C=O) groups excluding carboxylic acids is 2. The Labute approximate surface area is 158 Å². The van der Waals surface area contributed by atoms with E-state index in [0.717, 1.165) is 16.8 Å². The van der Waals surface area contributed by atoms with Crippen LogP contribution in [0.1, 0.15) is 15.9 Å². The molecule has 26 heavy (non-hydrogen) atoms. The van der Waals surface area contributed by atoms with Crippen molar-refractivity contribution in [3.8, 4) is 5.75 Å². The Hall–Kier alpha value is -2.71. The van der Waals surface area contributed by atoms with E-state index in [9.17, 15) is 14.0 Å². The maximum Gasteiger partial charge on any atom is 0.285 e. The molecule has 0 radical (unpaired) electrons. The first-order valence-corrected chi connectivity index (χ1v) is 8.69. The van der Waals surface area contributed by atoms with Gasteiger partial charge in [-0.05, 0) is 48.1 Å². The van der Waals surface area contributed by atoms with Gasteiger partial charge in [0.25, 0.3) is 11.8 Å². The lowest BCUT2D eigenvalue weighted by Gasteiger charge is -2.16. The van der Waals surface area contributed by atoms with E-state index in [-0.39, 0.29) is 9.88 Å². The van der Waals surface area contributed by atoms with E-state index < -0.39 is 17.6 Å². The first kappa shape index (κ1) is 18.1. The highest BCUT2D eigenvalue weighted by atomic mass is 32.2. The fraction of sp³-hybridized carbons (Fsp3) is 0.0556. The Bertz CT molecular complexity index is 930. The van der Waals surface area contributed by atoms with E-state index in [1.807, 2.05) is 0 Å². The maximum atomic E-state index is 13.3. The molecule has 1 fully saturated rings. The second kappa shape index (κ2) is 7.67. The molecule has 1 aliphatic rings. The zero-order chi connectivity index (χ0) is 18.7. The topological polar surface area (TPSA) is 58.6 Å². The highest BCUT2D eigenvalue weighted by molar-refractivity contribution is 8.26. The van der Waals surface area contributed by atoms with Crippen LogP contribution in [0.25, 0.3) is 6.08 Å². The third-order valence-electron chi connectivity index (χ3n) is 3.51. The number of nitrogens with one attached hydrogen (secondary N) is 1. The van der Waals surface area contributed by atoms with E-state index >= 15 is 0 Å². The van der Waals surface area contributed by atoms with Gasteiger partial charge in [-0.2, -0.15) is 5.01 Å². The third-order valence-corrected chi connectivity index (χ3v) is 4.81. The van der Waals surface area contributed by atoms with Crippen molar-refractivity contribution >= 4 is 46.2 Å². The van der Waals surface area contributed by atoms with Crippen LogP contribution in [0.2, 0.25) is 0 Å². The van der Waals surface area contributed by atoms with Crippen LogP contribution in [0, 0.1) is 5.82 Å². The number of amides is 2. The smallest absolute Gasteiger partial charge is 0.285 e. The summed E-state index contributed by atoms with van der Waals surface area (Å²) in [5.41, 5.74) is 3.29. The summed E-state index contributed by atoms with van der Waals surface area (Å²) in [7, 11) is 1.45. The first-order valence-electron chi connectivity index (χ1n) is 7.47. The van der Waals surface area contributed by atoms with Crippen LogP contribution in [0.15, 0.2) is 53.4 Å². The number of thioether (sulfide) groups is 1. The van der Waals surface area contributed by atoms with Crippen molar-refractivity contribution in [1.29, 1.82) is 0 Å². The fourth-order valence-corrected chi connectivity index (χ4v) is 3.49. The molecule has 0 bridgehead atoms. The van der Waals surface area contributed by atoms with Gasteiger partial charge >= 0.3 is 0 Å². The average Bonchev–Trinajstić information content (AvgIpc) is 2.89. The molecule has 2 amide bonds. The minimum absolute atomic E-state index is 0.181.